The van der Waals surface area contributed by atoms with Crippen molar-refractivity contribution >= 4 is 0 Å². The molecule has 1 aliphatic rings. The van der Waals surface area contributed by atoms with E-state index in [1.54, 1.807) is 6.20 Å². The van der Waals surface area contributed by atoms with Crippen LogP contribution in [0.4, 0.5) is 0 Å². The molecule has 20 heavy (non-hydrogen) atoms. The number of hydrogen-bond acceptors (Lipinski definition) is 4. The Hall–Kier alpha value is -0.970. The molecule has 1 atom stereocenters. The Kier molecular flexibility index (Phi) is 6.43. The zero-order valence-electron chi connectivity index (χ0n) is 12.1. The first-order valence-electron chi connectivity index (χ1n) is 7.71. The van der Waals surface area contributed by atoms with Crippen molar-refractivity contribution in [1.29, 1.82) is 0 Å². The van der Waals surface area contributed by atoms with E-state index in [0.717, 1.165) is 6.54 Å². The summed E-state index contributed by atoms with van der Waals surface area (Å²) in [5, 5.41) is 18.9. The maximum atomic E-state index is 9.80. The Bertz CT molecular complexity index is 364. The van der Waals surface area contributed by atoms with Crippen molar-refractivity contribution in [3.05, 3.63) is 30.1 Å². The quantitative estimate of drug-likeness (QED) is 0.781. The van der Waals surface area contributed by atoms with Crippen molar-refractivity contribution < 1.29 is 10.2 Å². The molecule has 2 rings (SSSR count). The van der Waals surface area contributed by atoms with Crippen LogP contribution in [0.2, 0.25) is 0 Å². The molecule has 0 aliphatic heterocycles. The highest BCUT2D eigenvalue weighted by Gasteiger charge is 2.22. The predicted molar refractivity (Wildman–Crippen MR) is 79.2 cm³/mol. The molecule has 0 saturated heterocycles. The minimum absolute atomic E-state index is 0.170. The molecule has 1 heterocycles. The number of hydrogen-bond donors (Lipinski definition) is 2. The van der Waals surface area contributed by atoms with E-state index < -0.39 is 6.10 Å². The van der Waals surface area contributed by atoms with E-state index in [1.165, 1.54) is 44.1 Å². The molecule has 1 aromatic heterocycles. The van der Waals surface area contributed by atoms with Crippen LogP contribution in [-0.4, -0.2) is 45.4 Å². The lowest BCUT2D eigenvalue weighted by Crippen LogP contribution is -2.41. The van der Waals surface area contributed by atoms with E-state index in [-0.39, 0.29) is 6.61 Å². The van der Waals surface area contributed by atoms with E-state index in [4.69, 9.17) is 5.11 Å². The van der Waals surface area contributed by atoms with Gasteiger partial charge in [0.1, 0.15) is 0 Å². The lowest BCUT2D eigenvalue weighted by molar-refractivity contribution is 0.0378. The van der Waals surface area contributed by atoms with Gasteiger partial charge in [0.2, 0.25) is 0 Å². The number of nitrogens with zero attached hydrogens (tertiary/aromatic N) is 2. The Morgan fingerprint density at radius 3 is 2.60 bits per heavy atom. The van der Waals surface area contributed by atoms with E-state index in [2.05, 4.69) is 16.0 Å². The van der Waals surface area contributed by atoms with Gasteiger partial charge >= 0.3 is 0 Å². The van der Waals surface area contributed by atoms with Gasteiger partial charge in [-0.1, -0.05) is 31.7 Å². The Balaban J connectivity index is 2.02. The Morgan fingerprint density at radius 1 is 1.25 bits per heavy atom. The molecule has 4 heteroatoms. The fraction of sp³-hybridized carbons (Fsp3) is 0.688. The Morgan fingerprint density at radius 2 is 2.00 bits per heavy atom. The highest BCUT2D eigenvalue weighted by Crippen LogP contribution is 2.23. The van der Waals surface area contributed by atoms with E-state index in [0.29, 0.717) is 12.6 Å². The topological polar surface area (TPSA) is 56.6 Å². The van der Waals surface area contributed by atoms with Gasteiger partial charge < -0.3 is 10.2 Å². The van der Waals surface area contributed by atoms with Crippen LogP contribution in [-0.2, 0) is 6.54 Å². The van der Waals surface area contributed by atoms with Gasteiger partial charge in [-0.3, -0.25) is 9.88 Å². The number of aliphatic hydroxyl groups excluding tert-OH is 2. The summed E-state index contributed by atoms with van der Waals surface area (Å²) in [5.74, 6) is 0. The Labute approximate surface area is 121 Å². The summed E-state index contributed by atoms with van der Waals surface area (Å²) in [6, 6.07) is 4.53. The molecular formula is C16H26N2O2. The standard InChI is InChI=1S/C16H26N2O2/c19-13-16(20)12-18(11-14-6-5-9-17-10-14)15-7-3-1-2-4-8-15/h5-6,9-10,15-16,19-20H,1-4,7-8,11-13H2/t16-/m1/s1. The van der Waals surface area contributed by atoms with Crippen molar-refractivity contribution in [2.75, 3.05) is 13.2 Å². The maximum Gasteiger partial charge on any atom is 0.0897 e. The average Bonchev–Trinajstić information content (AvgIpc) is 2.76. The van der Waals surface area contributed by atoms with E-state index in [9.17, 15) is 5.11 Å². The minimum atomic E-state index is -0.657. The molecule has 0 spiro atoms. The average molecular weight is 278 g/mol. The first kappa shape index (κ1) is 15.4. The third-order valence-corrected chi connectivity index (χ3v) is 4.11. The van der Waals surface area contributed by atoms with Crippen LogP contribution >= 0.6 is 0 Å². The zero-order chi connectivity index (χ0) is 14.2. The van der Waals surface area contributed by atoms with Crippen LogP contribution in [0.5, 0.6) is 0 Å². The van der Waals surface area contributed by atoms with Gasteiger partial charge in [0.15, 0.2) is 0 Å². The lowest BCUT2D eigenvalue weighted by Gasteiger charge is -2.32. The summed E-state index contributed by atoms with van der Waals surface area (Å²) in [6.45, 7) is 1.17. The molecule has 0 radical (unpaired) electrons. The molecule has 0 aromatic carbocycles. The summed E-state index contributed by atoms with van der Waals surface area (Å²) in [7, 11) is 0. The van der Waals surface area contributed by atoms with Crippen LogP contribution in [0.1, 0.15) is 44.1 Å². The highest BCUT2D eigenvalue weighted by atomic mass is 16.3. The third-order valence-electron chi connectivity index (χ3n) is 4.11. The van der Waals surface area contributed by atoms with Crippen LogP contribution in [0, 0.1) is 0 Å². The predicted octanol–water partition coefficient (Wildman–Crippen LogP) is 1.96. The molecule has 0 unspecified atom stereocenters. The summed E-state index contributed by atoms with van der Waals surface area (Å²) in [4.78, 5) is 6.48. The van der Waals surface area contributed by atoms with Crippen molar-refractivity contribution in [3.63, 3.8) is 0 Å². The first-order valence-corrected chi connectivity index (χ1v) is 7.71. The second kappa shape index (κ2) is 8.35. The lowest BCUT2D eigenvalue weighted by atomic mass is 10.1. The van der Waals surface area contributed by atoms with Crippen LogP contribution in [0.3, 0.4) is 0 Å². The molecule has 1 saturated carbocycles. The maximum absolute atomic E-state index is 9.80. The van der Waals surface area contributed by atoms with E-state index in [1.807, 2.05) is 12.3 Å². The minimum Gasteiger partial charge on any atom is -0.394 e. The molecule has 4 nitrogen and oxygen atoms in total. The number of aromatic nitrogens is 1. The highest BCUT2D eigenvalue weighted by molar-refractivity contribution is 5.08. The SMILES string of the molecule is OC[C@H](O)CN(Cc1cccnc1)C1CCCCCC1. The van der Waals surface area contributed by atoms with E-state index >= 15 is 0 Å². The van der Waals surface area contributed by atoms with Crippen molar-refractivity contribution in [3.8, 4) is 0 Å². The van der Waals surface area contributed by atoms with Gasteiger partial charge in [0, 0.05) is 31.5 Å². The second-order valence-electron chi connectivity index (χ2n) is 5.77. The van der Waals surface area contributed by atoms with Crippen LogP contribution in [0.25, 0.3) is 0 Å². The normalized spacial score (nSPS) is 18.9. The van der Waals surface area contributed by atoms with Gasteiger partial charge in [-0.25, -0.2) is 0 Å². The fourth-order valence-corrected chi connectivity index (χ4v) is 3.02. The number of rotatable bonds is 6. The fourth-order valence-electron chi connectivity index (χ4n) is 3.02. The van der Waals surface area contributed by atoms with Crippen molar-refractivity contribution in [2.45, 2.75) is 57.2 Å². The van der Waals surface area contributed by atoms with Gasteiger partial charge in [-0.05, 0) is 24.5 Å². The summed E-state index contributed by atoms with van der Waals surface area (Å²) in [6.07, 6.45) is 10.6. The zero-order valence-corrected chi connectivity index (χ0v) is 12.1. The van der Waals surface area contributed by atoms with Gasteiger partial charge in [0.25, 0.3) is 0 Å². The third kappa shape index (κ3) is 4.85. The molecule has 2 N–H and O–H groups in total. The summed E-state index contributed by atoms with van der Waals surface area (Å²) in [5.41, 5.74) is 1.17. The van der Waals surface area contributed by atoms with Crippen LogP contribution in [0.15, 0.2) is 24.5 Å². The smallest absolute Gasteiger partial charge is 0.0897 e. The van der Waals surface area contributed by atoms with Gasteiger partial charge in [-0.15, -0.1) is 0 Å². The first-order chi connectivity index (χ1) is 9.79. The molecular weight excluding hydrogens is 252 g/mol. The molecule has 1 aliphatic carbocycles. The molecule has 0 amide bonds. The summed E-state index contributed by atoms with van der Waals surface area (Å²) < 4.78 is 0. The van der Waals surface area contributed by atoms with Gasteiger partial charge in [0.05, 0.1) is 12.7 Å². The monoisotopic (exact) mass is 278 g/mol. The second-order valence-corrected chi connectivity index (χ2v) is 5.77. The molecule has 0 bridgehead atoms. The number of aliphatic hydroxyl groups is 2. The molecule has 1 fully saturated rings. The number of pyridine rings is 1. The van der Waals surface area contributed by atoms with Crippen LogP contribution < -0.4 is 0 Å². The molecule has 112 valence electrons. The van der Waals surface area contributed by atoms with Crippen molar-refractivity contribution in [1.82, 2.24) is 9.88 Å². The van der Waals surface area contributed by atoms with Gasteiger partial charge in [-0.2, -0.15) is 0 Å². The molecule has 1 aromatic rings. The largest absolute Gasteiger partial charge is 0.394 e. The summed E-state index contributed by atoms with van der Waals surface area (Å²) >= 11 is 0. The van der Waals surface area contributed by atoms with Crippen molar-refractivity contribution in [2.24, 2.45) is 0 Å².